The van der Waals surface area contributed by atoms with Crippen LogP contribution in [0.2, 0.25) is 0 Å². The fourth-order valence-corrected chi connectivity index (χ4v) is 2.86. The summed E-state index contributed by atoms with van der Waals surface area (Å²) >= 11 is 0. The van der Waals surface area contributed by atoms with E-state index in [0.29, 0.717) is 11.6 Å². The van der Waals surface area contributed by atoms with Crippen LogP contribution in [-0.2, 0) is 0 Å². The predicted molar refractivity (Wildman–Crippen MR) is 68.5 cm³/mol. The molecule has 2 aromatic heterocycles. The number of likely N-dealkylation sites (tertiary alicyclic amines) is 1. The van der Waals surface area contributed by atoms with Crippen molar-refractivity contribution in [3.63, 3.8) is 0 Å². The molecular weight excluding hydrogens is 242 g/mol. The van der Waals surface area contributed by atoms with Crippen molar-refractivity contribution in [3.8, 4) is 11.3 Å². The summed E-state index contributed by atoms with van der Waals surface area (Å²) in [7, 11) is 0. The predicted octanol–water partition coefficient (Wildman–Crippen LogP) is 2.29. The smallest absolute Gasteiger partial charge is 0.257 e. The van der Waals surface area contributed by atoms with Gasteiger partial charge in [0.05, 0.1) is 30.0 Å². The molecule has 19 heavy (non-hydrogen) atoms. The lowest BCUT2D eigenvalue weighted by atomic mass is 9.96. The minimum absolute atomic E-state index is 0.0908. The highest BCUT2D eigenvalue weighted by molar-refractivity contribution is 6.00. The Morgan fingerprint density at radius 1 is 1.42 bits per heavy atom. The summed E-state index contributed by atoms with van der Waals surface area (Å²) in [4.78, 5) is 14.6. The van der Waals surface area contributed by atoms with E-state index in [1.807, 2.05) is 11.0 Å². The molecule has 1 amide bonds. The SMILES string of the molecule is O=C(c1cn[nH]c1-c1ccoc1)N1CCC1C1CC1. The number of aromatic nitrogens is 2. The van der Waals surface area contributed by atoms with Crippen molar-refractivity contribution in [1.29, 1.82) is 0 Å². The van der Waals surface area contributed by atoms with E-state index in [-0.39, 0.29) is 5.91 Å². The number of nitrogens with zero attached hydrogens (tertiary/aromatic N) is 2. The third-order valence-corrected chi connectivity index (χ3v) is 4.17. The second kappa shape index (κ2) is 3.98. The van der Waals surface area contributed by atoms with Crippen LogP contribution >= 0.6 is 0 Å². The number of H-pyrrole nitrogens is 1. The first-order chi connectivity index (χ1) is 9.34. The summed E-state index contributed by atoms with van der Waals surface area (Å²) in [5.41, 5.74) is 2.26. The van der Waals surface area contributed by atoms with Gasteiger partial charge in [-0.15, -0.1) is 0 Å². The maximum absolute atomic E-state index is 12.6. The minimum Gasteiger partial charge on any atom is -0.472 e. The fourth-order valence-electron chi connectivity index (χ4n) is 2.86. The lowest BCUT2D eigenvalue weighted by Crippen LogP contribution is -2.52. The molecule has 0 aromatic carbocycles. The van der Waals surface area contributed by atoms with Gasteiger partial charge in [0.25, 0.3) is 5.91 Å². The second-order valence-corrected chi connectivity index (χ2v) is 5.36. The third kappa shape index (κ3) is 1.69. The molecule has 1 unspecified atom stereocenters. The monoisotopic (exact) mass is 257 g/mol. The number of hydrogen-bond donors (Lipinski definition) is 1. The van der Waals surface area contributed by atoms with E-state index in [1.54, 1.807) is 18.7 Å². The van der Waals surface area contributed by atoms with E-state index in [4.69, 9.17) is 4.42 Å². The number of carbonyl (C=O) groups excluding carboxylic acids is 1. The van der Waals surface area contributed by atoms with Crippen LogP contribution < -0.4 is 0 Å². The highest BCUT2D eigenvalue weighted by Gasteiger charge is 2.43. The van der Waals surface area contributed by atoms with Gasteiger partial charge in [-0.05, 0) is 31.2 Å². The van der Waals surface area contributed by atoms with Gasteiger partial charge in [-0.25, -0.2) is 0 Å². The first-order valence-electron chi connectivity index (χ1n) is 6.71. The van der Waals surface area contributed by atoms with Crippen molar-refractivity contribution >= 4 is 5.91 Å². The number of aromatic amines is 1. The van der Waals surface area contributed by atoms with E-state index in [9.17, 15) is 4.79 Å². The standard InChI is InChI=1S/C14H15N3O2/c18-14(17-5-3-12(17)9-1-2-9)11-7-15-16-13(11)10-4-6-19-8-10/h4,6-9,12H,1-3,5H2,(H,15,16). The molecule has 5 heteroatoms. The highest BCUT2D eigenvalue weighted by Crippen LogP contribution is 2.41. The normalized spacial score (nSPS) is 22.3. The molecule has 0 radical (unpaired) electrons. The number of nitrogens with one attached hydrogen (secondary N) is 1. The number of hydrogen-bond acceptors (Lipinski definition) is 3. The Morgan fingerprint density at radius 2 is 2.32 bits per heavy atom. The summed E-state index contributed by atoms with van der Waals surface area (Å²) in [5, 5.41) is 6.91. The van der Waals surface area contributed by atoms with Gasteiger partial charge < -0.3 is 9.32 Å². The molecule has 1 saturated heterocycles. The van der Waals surface area contributed by atoms with Crippen molar-refractivity contribution in [2.75, 3.05) is 6.54 Å². The van der Waals surface area contributed by atoms with Gasteiger partial charge in [0.1, 0.15) is 0 Å². The lowest BCUT2D eigenvalue weighted by molar-refractivity contribution is 0.0413. The van der Waals surface area contributed by atoms with Crippen LogP contribution in [0, 0.1) is 5.92 Å². The summed E-state index contributed by atoms with van der Waals surface area (Å²) < 4.78 is 5.07. The van der Waals surface area contributed by atoms with Crippen LogP contribution in [0.5, 0.6) is 0 Å². The van der Waals surface area contributed by atoms with Crippen molar-refractivity contribution in [2.45, 2.75) is 25.3 Å². The van der Waals surface area contributed by atoms with E-state index < -0.39 is 0 Å². The van der Waals surface area contributed by atoms with E-state index >= 15 is 0 Å². The molecule has 0 spiro atoms. The van der Waals surface area contributed by atoms with Crippen LogP contribution in [0.25, 0.3) is 11.3 Å². The van der Waals surface area contributed by atoms with Crippen LogP contribution in [0.1, 0.15) is 29.6 Å². The third-order valence-electron chi connectivity index (χ3n) is 4.17. The Balaban J connectivity index is 1.62. The first-order valence-corrected chi connectivity index (χ1v) is 6.71. The number of furan rings is 1. The topological polar surface area (TPSA) is 62.1 Å². The molecule has 1 aliphatic heterocycles. The Bertz CT molecular complexity index is 598. The maximum Gasteiger partial charge on any atom is 0.257 e. The molecule has 98 valence electrons. The Labute approximate surface area is 110 Å². The number of rotatable bonds is 3. The molecule has 1 saturated carbocycles. The Hall–Kier alpha value is -2.04. The molecule has 3 heterocycles. The van der Waals surface area contributed by atoms with Gasteiger partial charge in [0, 0.05) is 18.2 Å². The first kappa shape index (κ1) is 10.8. The van der Waals surface area contributed by atoms with Gasteiger partial charge >= 0.3 is 0 Å². The fraction of sp³-hybridized carbons (Fsp3) is 0.429. The van der Waals surface area contributed by atoms with Crippen molar-refractivity contribution in [1.82, 2.24) is 15.1 Å². The summed E-state index contributed by atoms with van der Waals surface area (Å²) in [6.45, 7) is 0.871. The Kier molecular flexibility index (Phi) is 2.27. The summed E-state index contributed by atoms with van der Waals surface area (Å²) in [6.07, 6.45) is 8.53. The van der Waals surface area contributed by atoms with Gasteiger partial charge in [-0.1, -0.05) is 0 Å². The zero-order valence-corrected chi connectivity index (χ0v) is 10.5. The molecule has 5 nitrogen and oxygen atoms in total. The van der Waals surface area contributed by atoms with Gasteiger partial charge in [-0.3, -0.25) is 9.89 Å². The van der Waals surface area contributed by atoms with Gasteiger partial charge in [-0.2, -0.15) is 5.10 Å². The quantitative estimate of drug-likeness (QED) is 0.917. The summed E-state index contributed by atoms with van der Waals surface area (Å²) in [5.74, 6) is 0.829. The van der Waals surface area contributed by atoms with Crippen molar-refractivity contribution in [3.05, 3.63) is 30.4 Å². The molecule has 1 aliphatic carbocycles. The maximum atomic E-state index is 12.6. The number of carbonyl (C=O) groups is 1. The van der Waals surface area contributed by atoms with Crippen LogP contribution in [-0.4, -0.2) is 33.6 Å². The van der Waals surface area contributed by atoms with E-state index in [2.05, 4.69) is 10.2 Å². The largest absolute Gasteiger partial charge is 0.472 e. The molecule has 2 aliphatic rings. The van der Waals surface area contributed by atoms with Crippen LogP contribution in [0.15, 0.2) is 29.2 Å². The Morgan fingerprint density at radius 3 is 2.95 bits per heavy atom. The zero-order valence-electron chi connectivity index (χ0n) is 10.5. The summed E-state index contributed by atoms with van der Waals surface area (Å²) in [6, 6.07) is 2.29. The molecule has 2 fully saturated rings. The minimum atomic E-state index is 0.0908. The molecule has 0 bridgehead atoms. The molecule has 1 atom stereocenters. The highest BCUT2D eigenvalue weighted by atomic mass is 16.3. The van der Waals surface area contributed by atoms with Crippen molar-refractivity contribution in [2.24, 2.45) is 5.92 Å². The average molecular weight is 257 g/mol. The molecule has 2 aromatic rings. The molecular formula is C14H15N3O2. The van der Waals surface area contributed by atoms with Crippen LogP contribution in [0.3, 0.4) is 0 Å². The lowest BCUT2D eigenvalue weighted by Gasteiger charge is -2.41. The van der Waals surface area contributed by atoms with E-state index in [1.165, 1.54) is 12.8 Å². The van der Waals surface area contributed by atoms with Crippen LogP contribution in [0.4, 0.5) is 0 Å². The van der Waals surface area contributed by atoms with Crippen molar-refractivity contribution < 1.29 is 9.21 Å². The zero-order chi connectivity index (χ0) is 12.8. The number of amides is 1. The second-order valence-electron chi connectivity index (χ2n) is 5.36. The van der Waals surface area contributed by atoms with Gasteiger partial charge in [0.2, 0.25) is 0 Å². The van der Waals surface area contributed by atoms with Gasteiger partial charge in [0.15, 0.2) is 0 Å². The average Bonchev–Trinajstić information content (AvgIpc) is 2.91. The van der Waals surface area contributed by atoms with E-state index in [0.717, 1.165) is 30.1 Å². The molecule has 1 N–H and O–H groups in total. The molecule has 4 rings (SSSR count).